The molecule has 0 aromatic carbocycles. The molecule has 0 unspecified atom stereocenters. The molecule has 14 heavy (non-hydrogen) atoms. The predicted molar refractivity (Wildman–Crippen MR) is 52.9 cm³/mol. The Balaban J connectivity index is 2.47. The number of carbonyl (C=O) groups is 1. The lowest BCUT2D eigenvalue weighted by atomic mass is 10.3. The standard InChI is InChI=1S/C10H12N2O2/c1-7-11-9-5-3-4-6-12(8(2)13)10(9)14-7/h3,5H,4,6H2,1-2H3. The van der Waals surface area contributed by atoms with Crippen LogP contribution in [0.1, 0.15) is 24.9 Å². The van der Waals surface area contributed by atoms with Gasteiger partial charge in [0.05, 0.1) is 0 Å². The predicted octanol–water partition coefficient (Wildman–Crippen LogP) is 1.75. The van der Waals surface area contributed by atoms with E-state index in [1.807, 2.05) is 12.2 Å². The Morgan fingerprint density at radius 2 is 2.43 bits per heavy atom. The lowest BCUT2D eigenvalue weighted by molar-refractivity contribution is -0.116. The molecule has 1 aliphatic rings. The van der Waals surface area contributed by atoms with Crippen molar-refractivity contribution in [2.45, 2.75) is 20.3 Å². The van der Waals surface area contributed by atoms with Crippen LogP contribution in [0, 0.1) is 6.92 Å². The van der Waals surface area contributed by atoms with Gasteiger partial charge in [-0.1, -0.05) is 6.08 Å². The Labute approximate surface area is 82.2 Å². The molecule has 0 aliphatic carbocycles. The number of hydrogen-bond donors (Lipinski definition) is 0. The second-order valence-corrected chi connectivity index (χ2v) is 3.28. The van der Waals surface area contributed by atoms with Crippen LogP contribution in [0.5, 0.6) is 0 Å². The normalized spacial score (nSPS) is 15.1. The van der Waals surface area contributed by atoms with E-state index < -0.39 is 0 Å². The molecule has 2 heterocycles. The second-order valence-electron chi connectivity index (χ2n) is 3.28. The van der Waals surface area contributed by atoms with Crippen molar-refractivity contribution >= 4 is 17.9 Å². The Morgan fingerprint density at radius 3 is 3.14 bits per heavy atom. The van der Waals surface area contributed by atoms with E-state index in [2.05, 4.69) is 4.98 Å². The highest BCUT2D eigenvalue weighted by molar-refractivity contribution is 5.92. The fourth-order valence-corrected chi connectivity index (χ4v) is 1.53. The van der Waals surface area contributed by atoms with Gasteiger partial charge in [0.25, 0.3) is 0 Å². The third-order valence-electron chi connectivity index (χ3n) is 2.16. The average Bonchev–Trinajstić information content (AvgIpc) is 2.35. The quantitative estimate of drug-likeness (QED) is 0.629. The maximum atomic E-state index is 11.3. The molecule has 0 N–H and O–H groups in total. The van der Waals surface area contributed by atoms with Gasteiger partial charge in [0.15, 0.2) is 5.89 Å². The second kappa shape index (κ2) is 3.29. The van der Waals surface area contributed by atoms with Gasteiger partial charge >= 0.3 is 0 Å². The van der Waals surface area contributed by atoms with Crippen LogP contribution in [0.25, 0.3) is 6.08 Å². The highest BCUT2D eigenvalue weighted by atomic mass is 16.4. The SMILES string of the molecule is CC(=O)N1CCC=Cc2nc(C)oc21. The van der Waals surface area contributed by atoms with Gasteiger partial charge in [0.2, 0.25) is 11.8 Å². The van der Waals surface area contributed by atoms with Crippen LogP contribution in [0.4, 0.5) is 5.88 Å². The highest BCUT2D eigenvalue weighted by Crippen LogP contribution is 2.25. The van der Waals surface area contributed by atoms with E-state index in [1.165, 1.54) is 6.92 Å². The van der Waals surface area contributed by atoms with Crippen LogP contribution in [-0.4, -0.2) is 17.4 Å². The number of aryl methyl sites for hydroxylation is 1. The van der Waals surface area contributed by atoms with E-state index in [-0.39, 0.29) is 5.91 Å². The fraction of sp³-hybridized carbons (Fsp3) is 0.400. The minimum absolute atomic E-state index is 0.00824. The van der Waals surface area contributed by atoms with E-state index in [0.29, 0.717) is 18.3 Å². The zero-order valence-corrected chi connectivity index (χ0v) is 8.28. The minimum atomic E-state index is -0.00824. The van der Waals surface area contributed by atoms with Crippen molar-refractivity contribution in [3.63, 3.8) is 0 Å². The summed E-state index contributed by atoms with van der Waals surface area (Å²) in [5, 5.41) is 0. The molecular formula is C10H12N2O2. The topological polar surface area (TPSA) is 46.3 Å². The molecule has 4 heteroatoms. The fourth-order valence-electron chi connectivity index (χ4n) is 1.53. The number of amides is 1. The first-order valence-corrected chi connectivity index (χ1v) is 4.60. The van der Waals surface area contributed by atoms with Crippen LogP contribution < -0.4 is 4.90 Å². The summed E-state index contributed by atoms with van der Waals surface area (Å²) in [6.45, 7) is 3.97. The number of anilines is 1. The van der Waals surface area contributed by atoms with Gasteiger partial charge < -0.3 is 4.42 Å². The molecule has 1 amide bonds. The first-order valence-electron chi connectivity index (χ1n) is 4.60. The lowest BCUT2D eigenvalue weighted by Gasteiger charge is -2.15. The summed E-state index contributed by atoms with van der Waals surface area (Å²) in [5.41, 5.74) is 0.746. The maximum Gasteiger partial charge on any atom is 0.230 e. The molecule has 0 atom stereocenters. The molecule has 1 aromatic heterocycles. The Morgan fingerprint density at radius 1 is 1.64 bits per heavy atom. The van der Waals surface area contributed by atoms with Gasteiger partial charge in [-0.15, -0.1) is 0 Å². The summed E-state index contributed by atoms with van der Waals surface area (Å²) in [7, 11) is 0. The van der Waals surface area contributed by atoms with Crippen LogP contribution in [-0.2, 0) is 4.79 Å². The van der Waals surface area contributed by atoms with Crippen molar-refractivity contribution in [2.24, 2.45) is 0 Å². The monoisotopic (exact) mass is 192 g/mol. The zero-order chi connectivity index (χ0) is 10.1. The molecular weight excluding hydrogens is 180 g/mol. The lowest BCUT2D eigenvalue weighted by Crippen LogP contribution is -2.28. The number of hydrogen-bond acceptors (Lipinski definition) is 3. The highest BCUT2D eigenvalue weighted by Gasteiger charge is 2.21. The molecule has 0 bridgehead atoms. The summed E-state index contributed by atoms with van der Waals surface area (Å²) in [6.07, 6.45) is 4.74. The smallest absolute Gasteiger partial charge is 0.230 e. The first kappa shape index (κ1) is 8.99. The molecule has 4 nitrogen and oxygen atoms in total. The summed E-state index contributed by atoms with van der Waals surface area (Å²) < 4.78 is 5.40. The average molecular weight is 192 g/mol. The minimum Gasteiger partial charge on any atom is -0.424 e. The number of aromatic nitrogens is 1. The summed E-state index contributed by atoms with van der Waals surface area (Å²) >= 11 is 0. The number of rotatable bonds is 0. The number of oxazole rings is 1. The van der Waals surface area contributed by atoms with Crippen molar-refractivity contribution < 1.29 is 9.21 Å². The molecule has 1 aliphatic heterocycles. The van der Waals surface area contributed by atoms with E-state index in [4.69, 9.17) is 4.42 Å². The molecule has 0 radical (unpaired) electrons. The van der Waals surface area contributed by atoms with E-state index in [1.54, 1.807) is 11.8 Å². The van der Waals surface area contributed by atoms with Gasteiger partial charge in [-0.25, -0.2) is 4.98 Å². The zero-order valence-electron chi connectivity index (χ0n) is 8.28. The van der Waals surface area contributed by atoms with Crippen LogP contribution >= 0.6 is 0 Å². The van der Waals surface area contributed by atoms with Crippen molar-refractivity contribution in [3.05, 3.63) is 17.7 Å². The summed E-state index contributed by atoms with van der Waals surface area (Å²) in [6, 6.07) is 0. The summed E-state index contributed by atoms with van der Waals surface area (Å²) in [5.74, 6) is 1.16. The maximum absolute atomic E-state index is 11.3. The van der Waals surface area contributed by atoms with E-state index >= 15 is 0 Å². The van der Waals surface area contributed by atoms with Crippen molar-refractivity contribution in [2.75, 3.05) is 11.4 Å². The molecule has 2 rings (SSSR count). The Kier molecular flexibility index (Phi) is 2.11. The van der Waals surface area contributed by atoms with Gasteiger partial charge in [-0.3, -0.25) is 9.69 Å². The molecule has 0 saturated heterocycles. The number of nitrogens with zero attached hydrogens (tertiary/aromatic N) is 2. The number of carbonyl (C=O) groups excluding carboxylic acids is 1. The van der Waals surface area contributed by atoms with Crippen molar-refractivity contribution in [1.82, 2.24) is 4.98 Å². The molecule has 0 fully saturated rings. The van der Waals surface area contributed by atoms with Gasteiger partial charge in [-0.05, 0) is 12.5 Å². The van der Waals surface area contributed by atoms with Gasteiger partial charge in [0, 0.05) is 20.4 Å². The third kappa shape index (κ3) is 1.43. The van der Waals surface area contributed by atoms with Crippen LogP contribution in [0.2, 0.25) is 0 Å². The van der Waals surface area contributed by atoms with Crippen molar-refractivity contribution in [3.8, 4) is 0 Å². The molecule has 74 valence electrons. The molecule has 0 saturated carbocycles. The largest absolute Gasteiger partial charge is 0.424 e. The Hall–Kier alpha value is -1.58. The first-order chi connectivity index (χ1) is 6.68. The summed E-state index contributed by atoms with van der Waals surface area (Å²) in [4.78, 5) is 17.2. The Bertz CT molecular complexity index is 393. The number of fused-ring (bicyclic) bond motifs is 1. The van der Waals surface area contributed by atoms with E-state index in [9.17, 15) is 4.79 Å². The molecule has 0 spiro atoms. The molecule has 1 aromatic rings. The van der Waals surface area contributed by atoms with Crippen LogP contribution in [0.3, 0.4) is 0 Å². The third-order valence-corrected chi connectivity index (χ3v) is 2.16. The van der Waals surface area contributed by atoms with Gasteiger partial charge in [0.1, 0.15) is 5.69 Å². The van der Waals surface area contributed by atoms with Gasteiger partial charge in [-0.2, -0.15) is 0 Å². The van der Waals surface area contributed by atoms with E-state index in [0.717, 1.165) is 12.1 Å². The van der Waals surface area contributed by atoms with Crippen molar-refractivity contribution in [1.29, 1.82) is 0 Å². The van der Waals surface area contributed by atoms with Crippen LogP contribution in [0.15, 0.2) is 10.5 Å².